The standard InChI is InChI=1S/C10H17ClN4O2/c1-4-5-15(7-9(16)14(2)3)10-13-12-8(6-11)17-10/h4-7H2,1-3H3. The molecule has 96 valence electrons. The molecule has 0 saturated heterocycles. The summed E-state index contributed by atoms with van der Waals surface area (Å²) in [5.74, 6) is 0.526. The predicted molar refractivity (Wildman–Crippen MR) is 65.1 cm³/mol. The summed E-state index contributed by atoms with van der Waals surface area (Å²) >= 11 is 5.59. The Morgan fingerprint density at radius 2 is 2.12 bits per heavy atom. The van der Waals surface area contributed by atoms with E-state index in [0.717, 1.165) is 6.42 Å². The lowest BCUT2D eigenvalue weighted by Gasteiger charge is -2.20. The molecule has 0 atom stereocenters. The Morgan fingerprint density at radius 1 is 1.41 bits per heavy atom. The van der Waals surface area contributed by atoms with E-state index in [1.807, 2.05) is 6.92 Å². The summed E-state index contributed by atoms with van der Waals surface area (Å²) in [5.41, 5.74) is 0. The predicted octanol–water partition coefficient (Wildman–Crippen LogP) is 1.11. The zero-order valence-corrected chi connectivity index (χ0v) is 11.1. The molecule has 7 heteroatoms. The van der Waals surface area contributed by atoms with Gasteiger partial charge in [0, 0.05) is 20.6 Å². The summed E-state index contributed by atoms with van der Waals surface area (Å²) < 4.78 is 5.33. The van der Waals surface area contributed by atoms with Crippen molar-refractivity contribution in [2.45, 2.75) is 19.2 Å². The Hall–Kier alpha value is -1.30. The number of anilines is 1. The lowest BCUT2D eigenvalue weighted by molar-refractivity contribution is -0.127. The molecule has 17 heavy (non-hydrogen) atoms. The summed E-state index contributed by atoms with van der Waals surface area (Å²) in [4.78, 5) is 14.9. The Bertz CT molecular complexity index is 367. The first-order valence-corrected chi connectivity index (χ1v) is 5.95. The van der Waals surface area contributed by atoms with Gasteiger partial charge >= 0.3 is 6.01 Å². The number of likely N-dealkylation sites (N-methyl/N-ethyl adjacent to an activating group) is 1. The van der Waals surface area contributed by atoms with Gasteiger partial charge in [-0.1, -0.05) is 12.0 Å². The van der Waals surface area contributed by atoms with Gasteiger partial charge in [-0.3, -0.25) is 4.79 Å². The maximum absolute atomic E-state index is 11.6. The van der Waals surface area contributed by atoms with E-state index in [4.69, 9.17) is 16.0 Å². The molecule has 1 aromatic heterocycles. The van der Waals surface area contributed by atoms with E-state index < -0.39 is 0 Å². The van der Waals surface area contributed by atoms with E-state index in [1.165, 1.54) is 4.90 Å². The molecule has 0 bridgehead atoms. The van der Waals surface area contributed by atoms with Crippen molar-refractivity contribution in [2.75, 3.05) is 32.1 Å². The van der Waals surface area contributed by atoms with Crippen molar-refractivity contribution < 1.29 is 9.21 Å². The minimum Gasteiger partial charge on any atom is -0.407 e. The molecular weight excluding hydrogens is 244 g/mol. The molecule has 0 aromatic carbocycles. The van der Waals surface area contributed by atoms with Crippen LogP contribution in [0.5, 0.6) is 0 Å². The van der Waals surface area contributed by atoms with E-state index in [2.05, 4.69) is 10.2 Å². The minimum absolute atomic E-state index is 0.0101. The lowest BCUT2D eigenvalue weighted by atomic mass is 10.4. The number of amides is 1. The fourth-order valence-electron chi connectivity index (χ4n) is 1.24. The maximum Gasteiger partial charge on any atom is 0.318 e. The molecule has 0 N–H and O–H groups in total. The highest BCUT2D eigenvalue weighted by molar-refractivity contribution is 6.16. The Balaban J connectivity index is 2.74. The highest BCUT2D eigenvalue weighted by atomic mass is 35.5. The van der Waals surface area contributed by atoms with Crippen LogP contribution < -0.4 is 4.90 Å². The van der Waals surface area contributed by atoms with Gasteiger partial charge in [0.1, 0.15) is 12.4 Å². The van der Waals surface area contributed by atoms with Crippen molar-refractivity contribution in [3.8, 4) is 0 Å². The van der Waals surface area contributed by atoms with Gasteiger partial charge in [-0.05, 0) is 6.42 Å². The molecule has 1 heterocycles. The molecule has 0 aliphatic carbocycles. The normalized spacial score (nSPS) is 10.4. The third-order valence-electron chi connectivity index (χ3n) is 2.16. The average Bonchev–Trinajstić information content (AvgIpc) is 2.76. The number of nitrogens with zero attached hydrogens (tertiary/aromatic N) is 4. The topological polar surface area (TPSA) is 62.5 Å². The smallest absolute Gasteiger partial charge is 0.318 e. The number of carbonyl (C=O) groups excluding carboxylic acids is 1. The zero-order valence-electron chi connectivity index (χ0n) is 10.3. The molecule has 0 spiro atoms. The molecule has 1 aromatic rings. The molecule has 0 aliphatic rings. The number of halogens is 1. The molecular formula is C10H17ClN4O2. The summed E-state index contributed by atoms with van der Waals surface area (Å²) in [6.07, 6.45) is 0.888. The molecule has 0 aliphatic heterocycles. The molecule has 1 amide bonds. The average molecular weight is 261 g/mol. The van der Waals surface area contributed by atoms with Crippen molar-refractivity contribution in [2.24, 2.45) is 0 Å². The van der Waals surface area contributed by atoms with Gasteiger partial charge in [0.15, 0.2) is 0 Å². The highest BCUT2D eigenvalue weighted by Crippen LogP contribution is 2.13. The molecule has 1 rings (SSSR count). The van der Waals surface area contributed by atoms with E-state index >= 15 is 0 Å². The largest absolute Gasteiger partial charge is 0.407 e. The SMILES string of the molecule is CCCN(CC(=O)N(C)C)c1nnc(CCl)o1. The quantitative estimate of drug-likeness (QED) is 0.717. The van der Waals surface area contributed by atoms with Crippen molar-refractivity contribution in [1.82, 2.24) is 15.1 Å². The van der Waals surface area contributed by atoms with Crippen molar-refractivity contribution in [3.05, 3.63) is 5.89 Å². The van der Waals surface area contributed by atoms with Crippen LogP contribution >= 0.6 is 11.6 Å². The zero-order chi connectivity index (χ0) is 12.8. The van der Waals surface area contributed by atoms with Crippen LogP contribution in [0, 0.1) is 0 Å². The highest BCUT2D eigenvalue weighted by Gasteiger charge is 2.17. The molecule has 0 radical (unpaired) electrons. The van der Waals surface area contributed by atoms with Crippen LogP contribution in [0.25, 0.3) is 0 Å². The van der Waals surface area contributed by atoms with Gasteiger partial charge < -0.3 is 14.2 Å². The Labute approximate surface area is 106 Å². The Morgan fingerprint density at radius 3 is 2.59 bits per heavy atom. The number of alkyl halides is 1. The van der Waals surface area contributed by atoms with Gasteiger partial charge in [0.2, 0.25) is 11.8 Å². The monoisotopic (exact) mass is 260 g/mol. The first kappa shape index (κ1) is 13.8. The summed E-state index contributed by atoms with van der Waals surface area (Å²) in [7, 11) is 3.43. The molecule has 0 saturated carbocycles. The van der Waals surface area contributed by atoms with Crippen molar-refractivity contribution in [1.29, 1.82) is 0 Å². The van der Waals surface area contributed by atoms with Crippen LogP contribution in [0.4, 0.5) is 6.01 Å². The number of rotatable bonds is 6. The van der Waals surface area contributed by atoms with Crippen LogP contribution in [-0.4, -0.2) is 48.2 Å². The second-order valence-corrected chi connectivity index (χ2v) is 4.09. The molecule has 0 fully saturated rings. The number of aromatic nitrogens is 2. The van der Waals surface area contributed by atoms with Gasteiger partial charge in [0.25, 0.3) is 0 Å². The van der Waals surface area contributed by atoms with Gasteiger partial charge in [-0.15, -0.1) is 16.7 Å². The number of hydrogen-bond acceptors (Lipinski definition) is 5. The summed E-state index contributed by atoms with van der Waals surface area (Å²) in [6.45, 7) is 2.93. The molecule has 0 unspecified atom stereocenters. The lowest BCUT2D eigenvalue weighted by Crippen LogP contribution is -2.37. The van der Waals surface area contributed by atoms with Crippen LogP contribution in [0.3, 0.4) is 0 Å². The second kappa shape index (κ2) is 6.44. The van der Waals surface area contributed by atoms with E-state index in [-0.39, 0.29) is 18.3 Å². The number of carbonyl (C=O) groups is 1. The van der Waals surface area contributed by atoms with E-state index in [9.17, 15) is 4.79 Å². The Kier molecular flexibility index (Phi) is 5.21. The summed E-state index contributed by atoms with van der Waals surface area (Å²) in [6, 6.07) is 0.345. The van der Waals surface area contributed by atoms with Gasteiger partial charge in [-0.25, -0.2) is 0 Å². The minimum atomic E-state index is -0.0101. The third-order valence-corrected chi connectivity index (χ3v) is 2.39. The fraction of sp³-hybridized carbons (Fsp3) is 0.700. The van der Waals surface area contributed by atoms with Crippen molar-refractivity contribution >= 4 is 23.5 Å². The second-order valence-electron chi connectivity index (χ2n) is 3.82. The van der Waals surface area contributed by atoms with E-state index in [1.54, 1.807) is 19.0 Å². The third kappa shape index (κ3) is 3.89. The first-order valence-electron chi connectivity index (χ1n) is 5.42. The van der Waals surface area contributed by atoms with Gasteiger partial charge in [-0.2, -0.15) is 0 Å². The van der Waals surface area contributed by atoms with Crippen LogP contribution in [-0.2, 0) is 10.7 Å². The molecule has 6 nitrogen and oxygen atoms in total. The number of hydrogen-bond donors (Lipinski definition) is 0. The fourth-order valence-corrected chi connectivity index (χ4v) is 1.35. The van der Waals surface area contributed by atoms with Crippen molar-refractivity contribution in [3.63, 3.8) is 0 Å². The summed E-state index contributed by atoms with van der Waals surface area (Å²) in [5, 5.41) is 7.65. The van der Waals surface area contributed by atoms with Crippen LogP contribution in [0.2, 0.25) is 0 Å². The van der Waals surface area contributed by atoms with Crippen LogP contribution in [0.15, 0.2) is 4.42 Å². The first-order chi connectivity index (χ1) is 8.08. The van der Waals surface area contributed by atoms with Crippen LogP contribution in [0.1, 0.15) is 19.2 Å². The van der Waals surface area contributed by atoms with E-state index in [0.29, 0.717) is 18.5 Å². The maximum atomic E-state index is 11.6. The van der Waals surface area contributed by atoms with Gasteiger partial charge in [0.05, 0.1) is 0 Å².